The van der Waals surface area contributed by atoms with Gasteiger partial charge in [0.05, 0.1) is 29.6 Å². The lowest BCUT2D eigenvalue weighted by molar-refractivity contribution is -0.394. The molecule has 1 radical (unpaired) electrons. The van der Waals surface area contributed by atoms with E-state index in [1.165, 1.54) is 26.4 Å². The number of nitro groups is 2. The molecule has 0 spiro atoms. The first-order valence-electron chi connectivity index (χ1n) is 6.05. The molecule has 0 saturated carbocycles. The number of ether oxygens (including phenoxy) is 2. The van der Waals surface area contributed by atoms with Crippen LogP contribution in [0.5, 0.6) is 11.5 Å². The number of hydrogen-bond acceptors (Lipinski definition) is 6. The molecule has 0 aliphatic heterocycles. The van der Waals surface area contributed by atoms with E-state index >= 15 is 0 Å². The molecule has 0 bridgehead atoms. The number of non-ortho nitro benzene ring substituents is 1. The molecule has 8 heteroatoms. The fourth-order valence-electron chi connectivity index (χ4n) is 1.96. The van der Waals surface area contributed by atoms with E-state index in [1.807, 2.05) is 0 Å². The van der Waals surface area contributed by atoms with Crippen molar-refractivity contribution in [1.29, 1.82) is 0 Å². The molecule has 113 valence electrons. The lowest BCUT2D eigenvalue weighted by Gasteiger charge is -2.09. The van der Waals surface area contributed by atoms with Gasteiger partial charge in [-0.1, -0.05) is 6.07 Å². The summed E-state index contributed by atoms with van der Waals surface area (Å²) in [5, 5.41) is 21.9. The zero-order chi connectivity index (χ0) is 16.3. The van der Waals surface area contributed by atoms with Crippen molar-refractivity contribution in [1.82, 2.24) is 0 Å². The molecule has 0 aliphatic rings. The highest BCUT2D eigenvalue weighted by atomic mass is 16.6. The topological polar surface area (TPSA) is 105 Å². The van der Waals surface area contributed by atoms with E-state index in [1.54, 1.807) is 18.2 Å². The Labute approximate surface area is 125 Å². The van der Waals surface area contributed by atoms with Gasteiger partial charge in [0, 0.05) is 6.07 Å². The second-order valence-corrected chi connectivity index (χ2v) is 4.19. The molecule has 2 aromatic rings. The minimum absolute atomic E-state index is 0.205. The molecule has 2 rings (SSSR count). The van der Waals surface area contributed by atoms with E-state index in [-0.39, 0.29) is 5.56 Å². The van der Waals surface area contributed by atoms with Gasteiger partial charge in [-0.15, -0.1) is 0 Å². The Morgan fingerprint density at radius 3 is 2.18 bits per heavy atom. The van der Waals surface area contributed by atoms with Crippen LogP contribution in [0.4, 0.5) is 11.4 Å². The van der Waals surface area contributed by atoms with Gasteiger partial charge in [-0.2, -0.15) is 0 Å². The van der Waals surface area contributed by atoms with Gasteiger partial charge in [0.25, 0.3) is 11.4 Å². The van der Waals surface area contributed by atoms with Gasteiger partial charge in [0.2, 0.25) is 0 Å². The molecule has 8 nitrogen and oxygen atoms in total. The smallest absolute Gasteiger partial charge is 0.292 e. The highest BCUT2D eigenvalue weighted by Gasteiger charge is 2.22. The normalized spacial score (nSPS) is 10.1. The Morgan fingerprint density at radius 1 is 0.955 bits per heavy atom. The van der Waals surface area contributed by atoms with E-state index in [0.29, 0.717) is 17.1 Å². The molecular formula is C14H11N2O6. The summed E-state index contributed by atoms with van der Waals surface area (Å²) in [7, 11) is 2.91. The maximum atomic E-state index is 11.1. The van der Waals surface area contributed by atoms with Gasteiger partial charge in [-0.05, 0) is 23.8 Å². The summed E-state index contributed by atoms with van der Waals surface area (Å²) in [5.41, 5.74) is -0.260. The highest BCUT2D eigenvalue weighted by molar-refractivity contribution is 5.76. The molecule has 0 amide bonds. The predicted molar refractivity (Wildman–Crippen MR) is 77.1 cm³/mol. The van der Waals surface area contributed by atoms with Crippen LogP contribution in [0, 0.1) is 26.3 Å². The standard InChI is InChI=1S/C14H11N2O6/c1-21-13-6-3-9(7-14(13)22-2)11-5-4-10(15(17)18)8-12(11)16(19)20/h3-7H,1-2H3. The maximum absolute atomic E-state index is 11.1. The highest BCUT2D eigenvalue weighted by Crippen LogP contribution is 2.37. The summed E-state index contributed by atoms with van der Waals surface area (Å²) in [6, 6.07) is 9.44. The third-order valence-corrected chi connectivity index (χ3v) is 2.98. The van der Waals surface area contributed by atoms with Gasteiger partial charge in [0.1, 0.15) is 0 Å². The zero-order valence-corrected chi connectivity index (χ0v) is 11.7. The molecule has 22 heavy (non-hydrogen) atoms. The maximum Gasteiger partial charge on any atom is 0.292 e. The largest absolute Gasteiger partial charge is 0.493 e. The van der Waals surface area contributed by atoms with Crippen molar-refractivity contribution in [2.75, 3.05) is 14.2 Å². The Balaban J connectivity index is 2.61. The van der Waals surface area contributed by atoms with Crippen molar-refractivity contribution >= 4 is 11.4 Å². The van der Waals surface area contributed by atoms with Gasteiger partial charge >= 0.3 is 0 Å². The SMILES string of the molecule is COc1ccc(-c2ccc([N+](=O)[O-])[c]c2[N+](=O)[O-])cc1OC. The van der Waals surface area contributed by atoms with Crippen LogP contribution in [0.25, 0.3) is 11.1 Å². The van der Waals surface area contributed by atoms with Gasteiger partial charge in [-0.25, -0.2) is 0 Å². The first-order chi connectivity index (χ1) is 10.5. The summed E-state index contributed by atoms with van der Waals surface area (Å²) >= 11 is 0. The van der Waals surface area contributed by atoms with E-state index in [0.717, 1.165) is 0 Å². The van der Waals surface area contributed by atoms with Crippen molar-refractivity contribution in [3.05, 3.63) is 56.6 Å². The average molecular weight is 303 g/mol. The summed E-state index contributed by atoms with van der Waals surface area (Å²) in [4.78, 5) is 20.4. The van der Waals surface area contributed by atoms with Crippen molar-refractivity contribution < 1.29 is 19.3 Å². The van der Waals surface area contributed by atoms with Crippen LogP contribution in [-0.4, -0.2) is 24.1 Å². The van der Waals surface area contributed by atoms with Crippen LogP contribution >= 0.6 is 0 Å². The number of rotatable bonds is 5. The van der Waals surface area contributed by atoms with Crippen LogP contribution in [0.15, 0.2) is 30.3 Å². The van der Waals surface area contributed by atoms with Crippen molar-refractivity contribution in [2.45, 2.75) is 0 Å². The number of methoxy groups -OCH3 is 2. The van der Waals surface area contributed by atoms with Crippen molar-refractivity contribution in [3.63, 3.8) is 0 Å². The van der Waals surface area contributed by atoms with E-state index in [2.05, 4.69) is 6.07 Å². The minimum atomic E-state index is -0.731. The van der Waals surface area contributed by atoms with E-state index < -0.39 is 21.2 Å². The van der Waals surface area contributed by atoms with Crippen LogP contribution in [0.1, 0.15) is 0 Å². The Kier molecular flexibility index (Phi) is 4.21. The monoisotopic (exact) mass is 303 g/mol. The molecule has 0 saturated heterocycles. The van der Waals surface area contributed by atoms with Gasteiger partial charge in [0.15, 0.2) is 17.6 Å². The fourth-order valence-corrected chi connectivity index (χ4v) is 1.96. The number of hydrogen-bond donors (Lipinski definition) is 0. The molecule has 0 N–H and O–H groups in total. The summed E-state index contributed by atoms with van der Waals surface area (Å²) < 4.78 is 10.2. The molecule has 0 unspecified atom stereocenters. The Bertz CT molecular complexity index is 744. The third-order valence-electron chi connectivity index (χ3n) is 2.98. The molecular weight excluding hydrogens is 292 g/mol. The summed E-state index contributed by atoms with van der Waals surface area (Å²) in [6.45, 7) is 0. The predicted octanol–water partition coefficient (Wildman–Crippen LogP) is 2.99. The lowest BCUT2D eigenvalue weighted by Crippen LogP contribution is -1.96. The molecule has 0 fully saturated rings. The van der Waals surface area contributed by atoms with Crippen LogP contribution in [0.2, 0.25) is 0 Å². The second-order valence-electron chi connectivity index (χ2n) is 4.19. The summed E-state index contributed by atoms with van der Waals surface area (Å²) in [5.74, 6) is 0.868. The first-order valence-corrected chi connectivity index (χ1v) is 6.05. The number of benzene rings is 2. The molecule has 0 aliphatic carbocycles. The van der Waals surface area contributed by atoms with Crippen LogP contribution < -0.4 is 9.47 Å². The molecule has 0 aromatic heterocycles. The molecule has 0 atom stereocenters. The summed E-state index contributed by atoms with van der Waals surface area (Å²) in [6.07, 6.45) is 0. The van der Waals surface area contributed by atoms with E-state index in [4.69, 9.17) is 9.47 Å². The molecule has 2 aromatic carbocycles. The Morgan fingerprint density at radius 2 is 1.64 bits per heavy atom. The molecule has 0 heterocycles. The average Bonchev–Trinajstić information content (AvgIpc) is 2.53. The van der Waals surface area contributed by atoms with Crippen LogP contribution in [0.3, 0.4) is 0 Å². The van der Waals surface area contributed by atoms with E-state index in [9.17, 15) is 20.2 Å². The fraction of sp³-hybridized carbons (Fsp3) is 0.143. The van der Waals surface area contributed by atoms with Crippen molar-refractivity contribution in [3.8, 4) is 22.6 Å². The van der Waals surface area contributed by atoms with Crippen molar-refractivity contribution in [2.24, 2.45) is 0 Å². The lowest BCUT2D eigenvalue weighted by atomic mass is 10.0. The zero-order valence-electron chi connectivity index (χ0n) is 11.7. The van der Waals surface area contributed by atoms with Crippen LogP contribution in [-0.2, 0) is 0 Å². The third kappa shape index (κ3) is 2.80. The quantitative estimate of drug-likeness (QED) is 0.621. The second kappa shape index (κ2) is 6.08. The minimum Gasteiger partial charge on any atom is -0.493 e. The van der Waals surface area contributed by atoms with Gasteiger partial charge < -0.3 is 9.47 Å². The number of nitrogens with zero attached hydrogens (tertiary/aromatic N) is 2. The van der Waals surface area contributed by atoms with Gasteiger partial charge in [-0.3, -0.25) is 20.2 Å². The first kappa shape index (κ1) is 15.2. The Hall–Kier alpha value is -3.16. The number of nitro benzene ring substituents is 2.